The maximum Gasteiger partial charge on any atom is 0.303 e. The fourth-order valence-electron chi connectivity index (χ4n) is 2.76. The summed E-state index contributed by atoms with van der Waals surface area (Å²) in [5.41, 5.74) is 7.15. The molecule has 2 N–H and O–H groups in total. The number of nitrogens with one attached hydrogen (secondary N) is 1. The lowest BCUT2D eigenvalue weighted by Crippen LogP contribution is -2.27. The quantitative estimate of drug-likeness (QED) is 0.519. The molecule has 0 fully saturated rings. The lowest BCUT2D eigenvalue weighted by Gasteiger charge is -2.07. The van der Waals surface area contributed by atoms with Crippen molar-refractivity contribution in [2.75, 3.05) is 10.4 Å². The highest BCUT2D eigenvalue weighted by molar-refractivity contribution is 7.14. The minimum Gasteiger partial charge on any atom is -0.508 e. The van der Waals surface area contributed by atoms with Crippen molar-refractivity contribution in [2.24, 2.45) is 10.2 Å². The number of aromatic nitrogens is 1. The van der Waals surface area contributed by atoms with E-state index in [4.69, 9.17) is 0 Å². The Hall–Kier alpha value is -3.52. The summed E-state index contributed by atoms with van der Waals surface area (Å²) in [5, 5.41) is 21.5. The fourth-order valence-corrected chi connectivity index (χ4v) is 3.53. The SMILES string of the molecule is CC1=NN(c2nc(-c3ccccc3C)cs2)C(=O)C1=NNc1ccc(O)cc1. The van der Waals surface area contributed by atoms with E-state index in [1.165, 1.54) is 28.5 Å². The van der Waals surface area contributed by atoms with Gasteiger partial charge in [-0.15, -0.1) is 11.3 Å². The molecule has 4 rings (SSSR count). The molecule has 0 saturated carbocycles. The Bertz CT molecular complexity index is 1100. The second kappa shape index (κ2) is 7.24. The Morgan fingerprint density at radius 1 is 1.11 bits per heavy atom. The number of hydrazone groups is 2. The van der Waals surface area contributed by atoms with E-state index in [1.54, 1.807) is 19.1 Å². The average molecular weight is 391 g/mol. The minimum atomic E-state index is -0.338. The molecule has 0 bridgehead atoms. The second-order valence-electron chi connectivity index (χ2n) is 6.25. The van der Waals surface area contributed by atoms with Crippen molar-refractivity contribution in [3.63, 3.8) is 0 Å². The van der Waals surface area contributed by atoms with E-state index < -0.39 is 0 Å². The number of aromatic hydroxyl groups is 1. The monoisotopic (exact) mass is 391 g/mol. The predicted octanol–water partition coefficient (Wildman–Crippen LogP) is 4.01. The zero-order chi connectivity index (χ0) is 19.7. The Balaban J connectivity index is 1.56. The molecule has 0 atom stereocenters. The van der Waals surface area contributed by atoms with Gasteiger partial charge in [-0.25, -0.2) is 4.98 Å². The van der Waals surface area contributed by atoms with E-state index in [0.717, 1.165) is 16.8 Å². The molecule has 1 aliphatic heterocycles. The lowest BCUT2D eigenvalue weighted by molar-refractivity contribution is -0.112. The van der Waals surface area contributed by atoms with Gasteiger partial charge in [0.05, 0.1) is 17.1 Å². The summed E-state index contributed by atoms with van der Waals surface area (Å²) in [7, 11) is 0. The minimum absolute atomic E-state index is 0.160. The first-order valence-corrected chi connectivity index (χ1v) is 9.45. The number of phenolic OH excluding ortho intramolecular Hbond substituents is 1. The number of aryl methyl sites for hydroxylation is 1. The smallest absolute Gasteiger partial charge is 0.303 e. The van der Waals surface area contributed by atoms with Crippen LogP contribution >= 0.6 is 11.3 Å². The number of amides is 1. The number of rotatable bonds is 4. The van der Waals surface area contributed by atoms with Crippen molar-refractivity contribution in [3.05, 3.63) is 59.5 Å². The molecule has 140 valence electrons. The molecule has 1 aliphatic rings. The molecule has 7 nitrogen and oxygen atoms in total. The fraction of sp³-hybridized carbons (Fsp3) is 0.100. The van der Waals surface area contributed by atoms with Crippen LogP contribution in [0.4, 0.5) is 10.8 Å². The first-order chi connectivity index (χ1) is 13.5. The third kappa shape index (κ3) is 3.37. The van der Waals surface area contributed by atoms with Gasteiger partial charge in [-0.05, 0) is 43.7 Å². The van der Waals surface area contributed by atoms with Gasteiger partial charge in [-0.3, -0.25) is 10.2 Å². The topological polar surface area (TPSA) is 90.2 Å². The van der Waals surface area contributed by atoms with Gasteiger partial charge in [0, 0.05) is 10.9 Å². The average Bonchev–Trinajstić information content (AvgIpc) is 3.27. The molecule has 2 heterocycles. The summed E-state index contributed by atoms with van der Waals surface area (Å²) in [4.78, 5) is 17.4. The highest BCUT2D eigenvalue weighted by Crippen LogP contribution is 2.31. The number of benzene rings is 2. The molecule has 3 aromatic rings. The molecule has 1 amide bonds. The van der Waals surface area contributed by atoms with Gasteiger partial charge in [0.1, 0.15) is 5.75 Å². The van der Waals surface area contributed by atoms with Gasteiger partial charge >= 0.3 is 5.91 Å². The van der Waals surface area contributed by atoms with Gasteiger partial charge < -0.3 is 5.11 Å². The van der Waals surface area contributed by atoms with Gasteiger partial charge in [-0.1, -0.05) is 24.3 Å². The number of anilines is 2. The van der Waals surface area contributed by atoms with Crippen LogP contribution in [0.15, 0.2) is 64.1 Å². The van der Waals surface area contributed by atoms with Gasteiger partial charge in [0.25, 0.3) is 0 Å². The summed E-state index contributed by atoms with van der Waals surface area (Å²) in [5.74, 6) is -0.179. The van der Waals surface area contributed by atoms with Crippen LogP contribution in [-0.4, -0.2) is 27.4 Å². The molecule has 28 heavy (non-hydrogen) atoms. The third-order valence-electron chi connectivity index (χ3n) is 4.25. The number of thiazole rings is 1. The van der Waals surface area contributed by atoms with Crippen LogP contribution < -0.4 is 10.4 Å². The van der Waals surface area contributed by atoms with E-state index >= 15 is 0 Å². The van der Waals surface area contributed by atoms with Crippen LogP contribution in [0.2, 0.25) is 0 Å². The second-order valence-corrected chi connectivity index (χ2v) is 7.09. The van der Waals surface area contributed by atoms with E-state index in [9.17, 15) is 9.90 Å². The standard InChI is InChI=1S/C20H17N5O2S/c1-12-5-3-4-6-16(12)17-11-28-20(21-17)25-19(27)18(13(2)24-25)23-22-14-7-9-15(26)10-8-14/h3-11,22,26H,1-2H3. The molecule has 1 aromatic heterocycles. The summed E-state index contributed by atoms with van der Waals surface area (Å²) in [6, 6.07) is 14.4. The van der Waals surface area contributed by atoms with Crippen molar-refractivity contribution in [1.29, 1.82) is 0 Å². The Morgan fingerprint density at radius 3 is 2.61 bits per heavy atom. The zero-order valence-electron chi connectivity index (χ0n) is 15.2. The number of carbonyl (C=O) groups excluding carboxylic acids is 1. The van der Waals surface area contributed by atoms with Crippen molar-refractivity contribution in [1.82, 2.24) is 4.98 Å². The summed E-state index contributed by atoms with van der Waals surface area (Å²) in [6.45, 7) is 3.75. The van der Waals surface area contributed by atoms with Gasteiger partial charge in [0.2, 0.25) is 5.13 Å². The summed E-state index contributed by atoms with van der Waals surface area (Å²) < 4.78 is 0. The van der Waals surface area contributed by atoms with Crippen LogP contribution in [0.5, 0.6) is 5.75 Å². The van der Waals surface area contributed by atoms with E-state index in [-0.39, 0.29) is 17.4 Å². The van der Waals surface area contributed by atoms with Crippen molar-refractivity contribution >= 4 is 39.5 Å². The predicted molar refractivity (Wildman–Crippen MR) is 112 cm³/mol. The van der Waals surface area contributed by atoms with Gasteiger partial charge in [-0.2, -0.15) is 15.2 Å². The van der Waals surface area contributed by atoms with Crippen molar-refractivity contribution < 1.29 is 9.90 Å². The van der Waals surface area contributed by atoms with Gasteiger partial charge in [0.15, 0.2) is 5.71 Å². The van der Waals surface area contributed by atoms with Crippen LogP contribution in [0.1, 0.15) is 12.5 Å². The zero-order valence-corrected chi connectivity index (χ0v) is 16.1. The van der Waals surface area contributed by atoms with Crippen LogP contribution in [0.25, 0.3) is 11.3 Å². The van der Waals surface area contributed by atoms with Crippen LogP contribution in [-0.2, 0) is 4.79 Å². The molecule has 2 aromatic carbocycles. The third-order valence-corrected chi connectivity index (χ3v) is 5.06. The molecule has 0 spiro atoms. The number of carbonyl (C=O) groups is 1. The molecule has 0 saturated heterocycles. The Labute approximate surface area is 165 Å². The largest absolute Gasteiger partial charge is 0.508 e. The van der Waals surface area contributed by atoms with Crippen LogP contribution in [0.3, 0.4) is 0 Å². The summed E-state index contributed by atoms with van der Waals surface area (Å²) >= 11 is 1.36. The van der Waals surface area contributed by atoms with E-state index in [1.807, 2.05) is 36.6 Å². The number of hydrogen-bond acceptors (Lipinski definition) is 7. The molecule has 0 unspecified atom stereocenters. The van der Waals surface area contributed by atoms with E-state index in [2.05, 4.69) is 20.6 Å². The molecular formula is C20H17N5O2S. The Morgan fingerprint density at radius 2 is 1.86 bits per heavy atom. The number of nitrogens with zero attached hydrogens (tertiary/aromatic N) is 4. The number of phenols is 1. The van der Waals surface area contributed by atoms with Crippen molar-refractivity contribution in [3.8, 4) is 17.0 Å². The van der Waals surface area contributed by atoms with Crippen molar-refractivity contribution in [2.45, 2.75) is 13.8 Å². The Kier molecular flexibility index (Phi) is 4.62. The highest BCUT2D eigenvalue weighted by atomic mass is 32.1. The number of hydrogen-bond donors (Lipinski definition) is 2. The first-order valence-electron chi connectivity index (χ1n) is 8.57. The maximum absolute atomic E-state index is 12.8. The highest BCUT2D eigenvalue weighted by Gasteiger charge is 2.32. The molecule has 0 aliphatic carbocycles. The lowest BCUT2D eigenvalue weighted by atomic mass is 10.1. The molecule has 0 radical (unpaired) electrons. The molecule has 8 heteroatoms. The maximum atomic E-state index is 12.8. The van der Waals surface area contributed by atoms with E-state index in [0.29, 0.717) is 16.5 Å². The summed E-state index contributed by atoms with van der Waals surface area (Å²) in [6.07, 6.45) is 0. The molecular weight excluding hydrogens is 374 g/mol. The van der Waals surface area contributed by atoms with Crippen LogP contribution in [0, 0.1) is 6.92 Å². The first kappa shape index (κ1) is 17.9. The normalized spacial score (nSPS) is 15.2.